The van der Waals surface area contributed by atoms with Gasteiger partial charge in [0.1, 0.15) is 10.6 Å². The molecule has 1 N–H and O–H groups in total. The van der Waals surface area contributed by atoms with E-state index >= 15 is 0 Å². The van der Waals surface area contributed by atoms with E-state index < -0.39 is 5.60 Å². The number of hydrogen-bond donors (Lipinski definition) is 1. The molecular weight excluding hydrogens is 442 g/mol. The zero-order valence-electron chi connectivity index (χ0n) is 21.7. The molecule has 1 saturated heterocycles. The minimum Gasteiger partial charge on any atom is -0.444 e. The lowest BCUT2D eigenvalue weighted by Gasteiger charge is -2.40. The van der Waals surface area contributed by atoms with Crippen LogP contribution in [0.2, 0.25) is 0 Å². The Morgan fingerprint density at radius 1 is 1.12 bits per heavy atom. The number of ether oxygens (including phenoxy) is 1. The van der Waals surface area contributed by atoms with Crippen molar-refractivity contribution in [1.29, 1.82) is 0 Å². The van der Waals surface area contributed by atoms with Crippen LogP contribution in [0, 0.1) is 5.92 Å². The fourth-order valence-electron chi connectivity index (χ4n) is 5.32. The highest BCUT2D eigenvalue weighted by Crippen LogP contribution is 2.28. The molecule has 0 bridgehead atoms. The molecule has 1 saturated carbocycles. The van der Waals surface area contributed by atoms with Crippen molar-refractivity contribution in [3.8, 4) is 0 Å². The van der Waals surface area contributed by atoms with Gasteiger partial charge in [0.05, 0.1) is 6.04 Å². The molecule has 1 aromatic rings. The van der Waals surface area contributed by atoms with Gasteiger partial charge in [0, 0.05) is 32.7 Å². The quantitative estimate of drug-likeness (QED) is 0.445. The molecule has 1 amide bonds. The molecule has 1 aromatic carbocycles. The maximum atomic E-state index is 12.6. The summed E-state index contributed by atoms with van der Waals surface area (Å²) in [7, 11) is 2.12. The Labute approximate surface area is 212 Å². The first-order valence-corrected chi connectivity index (χ1v) is 13.6. The Kier molecular flexibility index (Phi) is 10.2. The van der Waals surface area contributed by atoms with Crippen LogP contribution in [0.1, 0.15) is 84.1 Å². The van der Waals surface area contributed by atoms with Crippen molar-refractivity contribution in [2.24, 2.45) is 5.92 Å². The Morgan fingerprint density at radius 2 is 1.76 bits per heavy atom. The maximum Gasteiger partial charge on any atom is 0.408 e. The van der Waals surface area contributed by atoms with Crippen molar-refractivity contribution in [3.05, 3.63) is 35.9 Å². The average Bonchev–Trinajstić information content (AvgIpc) is 2.81. The van der Waals surface area contributed by atoms with Gasteiger partial charge in [0.15, 0.2) is 0 Å². The number of hydrogen-bond acceptors (Lipinski definition) is 4. The van der Waals surface area contributed by atoms with Crippen LogP contribution in [0.5, 0.6) is 0 Å². The Bertz CT molecular complexity index is 766. The molecule has 190 valence electrons. The van der Waals surface area contributed by atoms with Gasteiger partial charge in [-0.25, -0.2) is 4.79 Å². The summed E-state index contributed by atoms with van der Waals surface area (Å²) in [4.78, 5) is 18.3. The van der Waals surface area contributed by atoms with Gasteiger partial charge >= 0.3 is 6.09 Å². The van der Waals surface area contributed by atoms with Crippen LogP contribution in [-0.2, 0) is 11.3 Å². The molecule has 1 aliphatic heterocycles. The Morgan fingerprint density at radius 3 is 2.38 bits per heavy atom. The monoisotopic (exact) mass is 487 g/mol. The van der Waals surface area contributed by atoms with Crippen LogP contribution in [0.3, 0.4) is 0 Å². The van der Waals surface area contributed by atoms with Crippen molar-refractivity contribution >= 4 is 23.3 Å². The van der Waals surface area contributed by atoms with E-state index in [9.17, 15) is 4.79 Å². The van der Waals surface area contributed by atoms with Gasteiger partial charge in [0.25, 0.3) is 0 Å². The third kappa shape index (κ3) is 8.84. The zero-order chi connectivity index (χ0) is 24.6. The van der Waals surface area contributed by atoms with Crippen LogP contribution < -0.4 is 5.32 Å². The number of nitrogens with zero attached hydrogens (tertiary/aromatic N) is 2. The number of benzene rings is 1. The van der Waals surface area contributed by atoms with Crippen LogP contribution in [0.15, 0.2) is 30.3 Å². The molecular formula is C28H45N3O2S. The van der Waals surface area contributed by atoms with Crippen molar-refractivity contribution in [2.45, 2.75) is 103 Å². The molecule has 0 aromatic heterocycles. The third-order valence-electron chi connectivity index (χ3n) is 7.28. The summed E-state index contributed by atoms with van der Waals surface area (Å²) < 4.78 is 5.57. The number of alkyl carbamates (subject to hydrolysis) is 1. The van der Waals surface area contributed by atoms with Gasteiger partial charge < -0.3 is 15.0 Å². The number of nitrogens with one attached hydrogen (secondary N) is 1. The highest BCUT2D eigenvalue weighted by molar-refractivity contribution is 7.80. The van der Waals surface area contributed by atoms with Gasteiger partial charge in [-0.1, -0.05) is 74.7 Å². The lowest BCUT2D eigenvalue weighted by molar-refractivity contribution is 0.0511. The smallest absolute Gasteiger partial charge is 0.408 e. The van der Waals surface area contributed by atoms with Gasteiger partial charge in [-0.15, -0.1) is 0 Å². The van der Waals surface area contributed by atoms with E-state index in [0.29, 0.717) is 6.04 Å². The second-order valence-corrected chi connectivity index (χ2v) is 11.6. The van der Waals surface area contributed by atoms with Crippen molar-refractivity contribution in [2.75, 3.05) is 20.1 Å². The molecule has 0 spiro atoms. The molecule has 0 radical (unpaired) electrons. The normalized spacial score (nSPS) is 19.4. The summed E-state index contributed by atoms with van der Waals surface area (Å²) in [6.07, 6.45) is 10.5. The fraction of sp³-hybridized carbons (Fsp3) is 0.714. The number of likely N-dealkylation sites (N-methyl/N-ethyl adjacent to an activating group) is 1. The second kappa shape index (κ2) is 12.9. The number of rotatable bonds is 8. The van der Waals surface area contributed by atoms with Gasteiger partial charge in [-0.05, 0) is 57.9 Å². The Balaban J connectivity index is 1.55. The van der Waals surface area contributed by atoms with E-state index in [1.807, 2.05) is 20.8 Å². The van der Waals surface area contributed by atoms with Gasteiger partial charge in [-0.3, -0.25) is 4.90 Å². The minimum atomic E-state index is -0.517. The maximum absolute atomic E-state index is 12.6. The van der Waals surface area contributed by atoms with Crippen molar-refractivity contribution < 1.29 is 9.53 Å². The minimum absolute atomic E-state index is 0.154. The number of carbonyl (C=O) groups excluding carboxylic acids is 1. The molecule has 1 atom stereocenters. The van der Waals surface area contributed by atoms with E-state index in [-0.39, 0.29) is 12.1 Å². The molecule has 34 heavy (non-hydrogen) atoms. The molecule has 2 aliphatic rings. The lowest BCUT2D eigenvalue weighted by atomic mass is 9.85. The van der Waals surface area contributed by atoms with Crippen molar-refractivity contribution in [3.63, 3.8) is 0 Å². The molecule has 6 heteroatoms. The van der Waals surface area contributed by atoms with E-state index in [1.54, 1.807) is 0 Å². The number of thiocarbonyl (C=S) groups is 1. The standard InChI is InChI=1S/C28H45N3O2S/c1-28(2,3)33-27(32)29-25(16-15-22-11-7-5-8-12-22)26(34)30(4)24-17-19-31(20-18-24)21-23-13-9-6-10-14-23/h6,9-10,13-14,22,24-25H,5,7-8,11-12,15-21H2,1-4H3,(H,29,32)/t25-/m1/s1. The van der Waals surface area contributed by atoms with Crippen LogP contribution in [0.25, 0.3) is 0 Å². The summed E-state index contributed by atoms with van der Waals surface area (Å²) in [6.45, 7) is 8.84. The molecule has 0 unspecified atom stereocenters. The van der Waals surface area contributed by atoms with E-state index in [4.69, 9.17) is 17.0 Å². The number of piperidine rings is 1. The fourth-order valence-corrected chi connectivity index (χ4v) is 5.64. The number of likely N-dealkylation sites (tertiary alicyclic amines) is 1. The first-order chi connectivity index (χ1) is 16.2. The largest absolute Gasteiger partial charge is 0.444 e. The number of carbonyl (C=O) groups is 1. The highest BCUT2D eigenvalue weighted by atomic mass is 32.1. The highest BCUT2D eigenvalue weighted by Gasteiger charge is 2.30. The molecule has 1 aliphatic carbocycles. The average molecular weight is 488 g/mol. The first kappa shape index (κ1) is 26.9. The van der Waals surface area contributed by atoms with Crippen LogP contribution >= 0.6 is 12.2 Å². The third-order valence-corrected chi connectivity index (χ3v) is 7.85. The summed E-state index contributed by atoms with van der Waals surface area (Å²) in [6, 6.07) is 11.0. The molecule has 3 rings (SSSR count). The van der Waals surface area contributed by atoms with Crippen molar-refractivity contribution in [1.82, 2.24) is 15.1 Å². The van der Waals surface area contributed by atoms with Gasteiger partial charge in [0.2, 0.25) is 0 Å². The summed E-state index contributed by atoms with van der Waals surface area (Å²) in [5.74, 6) is 0.756. The predicted molar refractivity (Wildman–Crippen MR) is 144 cm³/mol. The van der Waals surface area contributed by atoms with E-state index in [0.717, 1.165) is 56.2 Å². The van der Waals surface area contributed by atoms with Crippen LogP contribution in [0.4, 0.5) is 4.79 Å². The predicted octanol–water partition coefficient (Wildman–Crippen LogP) is 6.16. The van der Waals surface area contributed by atoms with Gasteiger partial charge in [-0.2, -0.15) is 0 Å². The molecule has 1 heterocycles. The first-order valence-electron chi connectivity index (χ1n) is 13.2. The lowest BCUT2D eigenvalue weighted by Crippen LogP contribution is -2.52. The zero-order valence-corrected chi connectivity index (χ0v) is 22.5. The van der Waals surface area contributed by atoms with E-state index in [1.165, 1.54) is 37.7 Å². The topological polar surface area (TPSA) is 44.8 Å². The summed E-state index contributed by atoms with van der Waals surface area (Å²) in [5, 5.41) is 3.12. The SMILES string of the molecule is CN(C(=S)[C@@H](CCC1CCCCC1)NC(=O)OC(C)(C)C)C1CCN(Cc2ccccc2)CC1. The second-order valence-electron chi connectivity index (χ2n) is 11.2. The summed E-state index contributed by atoms with van der Waals surface area (Å²) >= 11 is 5.98. The molecule has 2 fully saturated rings. The van der Waals surface area contributed by atoms with Crippen LogP contribution in [-0.4, -0.2) is 58.7 Å². The Hall–Kier alpha value is -1.66. The number of amides is 1. The van der Waals surface area contributed by atoms with E-state index in [2.05, 4.69) is 52.5 Å². The summed E-state index contributed by atoms with van der Waals surface area (Å²) in [5.41, 5.74) is 0.853. The molecule has 5 nitrogen and oxygen atoms in total.